The minimum atomic E-state index is 0.0138. The van der Waals surface area contributed by atoms with Gasteiger partial charge in [0.1, 0.15) is 0 Å². The third-order valence-electron chi connectivity index (χ3n) is 2.38. The quantitative estimate of drug-likeness (QED) is 0.711. The highest BCUT2D eigenvalue weighted by molar-refractivity contribution is 7.99. The molecule has 0 N–H and O–H groups in total. The van der Waals surface area contributed by atoms with E-state index in [0.29, 0.717) is 15.6 Å². The van der Waals surface area contributed by atoms with Crippen molar-refractivity contribution in [2.75, 3.05) is 0 Å². The summed E-state index contributed by atoms with van der Waals surface area (Å²) in [7, 11) is 0. The van der Waals surface area contributed by atoms with E-state index in [9.17, 15) is 4.79 Å². The van der Waals surface area contributed by atoms with Gasteiger partial charge in [-0.1, -0.05) is 41.0 Å². The maximum atomic E-state index is 11.2. The van der Waals surface area contributed by atoms with Crippen LogP contribution in [0.4, 0.5) is 0 Å². The Kier molecular flexibility index (Phi) is 4.33. The Morgan fingerprint density at radius 1 is 1.06 bits per heavy atom. The fourth-order valence-electron chi connectivity index (χ4n) is 1.43. The maximum Gasteiger partial charge on any atom is 0.159 e. The summed E-state index contributed by atoms with van der Waals surface area (Å²) < 4.78 is 0. The average molecular weight is 297 g/mol. The van der Waals surface area contributed by atoms with E-state index < -0.39 is 0 Å². The molecule has 0 saturated heterocycles. The lowest BCUT2D eigenvalue weighted by atomic mass is 10.1. The summed E-state index contributed by atoms with van der Waals surface area (Å²) >= 11 is 13.5. The molecule has 0 spiro atoms. The van der Waals surface area contributed by atoms with Gasteiger partial charge in [0.2, 0.25) is 0 Å². The van der Waals surface area contributed by atoms with Crippen LogP contribution in [0.25, 0.3) is 0 Å². The smallest absolute Gasteiger partial charge is 0.159 e. The third-order valence-corrected chi connectivity index (χ3v) is 4.14. The highest BCUT2D eigenvalue weighted by Gasteiger charge is 2.06. The van der Waals surface area contributed by atoms with Gasteiger partial charge in [0, 0.05) is 20.4 Å². The van der Waals surface area contributed by atoms with Gasteiger partial charge in [0.05, 0.1) is 5.02 Å². The second-order valence-corrected chi connectivity index (χ2v) is 5.72. The summed E-state index contributed by atoms with van der Waals surface area (Å²) in [6.07, 6.45) is 0. The van der Waals surface area contributed by atoms with E-state index >= 15 is 0 Å². The van der Waals surface area contributed by atoms with Gasteiger partial charge in [-0.05, 0) is 43.3 Å². The summed E-state index contributed by atoms with van der Waals surface area (Å²) in [5, 5.41) is 1.29. The molecule has 2 aromatic rings. The first kappa shape index (κ1) is 13.5. The summed E-state index contributed by atoms with van der Waals surface area (Å²) in [5.41, 5.74) is 0.625. The second-order valence-electron chi connectivity index (χ2n) is 3.76. The number of halogens is 2. The number of Topliss-reactive ketones (excluding diaryl/α,β-unsaturated/α-hetero) is 1. The summed E-state index contributed by atoms with van der Waals surface area (Å²) in [5.74, 6) is 0.0138. The van der Waals surface area contributed by atoms with Crippen LogP contribution in [0.5, 0.6) is 0 Å². The Balaban J connectivity index is 2.24. The highest BCUT2D eigenvalue weighted by atomic mass is 35.5. The fourth-order valence-corrected chi connectivity index (χ4v) is 2.67. The number of carbonyl (C=O) groups is 1. The molecule has 0 aliphatic heterocycles. The van der Waals surface area contributed by atoms with Crippen molar-refractivity contribution >= 4 is 40.7 Å². The Morgan fingerprint density at radius 2 is 1.72 bits per heavy atom. The van der Waals surface area contributed by atoms with Crippen molar-refractivity contribution in [1.29, 1.82) is 0 Å². The maximum absolute atomic E-state index is 11.2. The van der Waals surface area contributed by atoms with Crippen LogP contribution in [-0.4, -0.2) is 5.78 Å². The van der Waals surface area contributed by atoms with Crippen LogP contribution in [0.1, 0.15) is 17.3 Å². The number of rotatable bonds is 3. The summed E-state index contributed by atoms with van der Waals surface area (Å²) in [4.78, 5) is 13.2. The molecule has 0 radical (unpaired) electrons. The monoisotopic (exact) mass is 296 g/mol. The molecule has 0 unspecified atom stereocenters. The minimum absolute atomic E-state index is 0.0138. The number of hydrogen-bond acceptors (Lipinski definition) is 2. The number of ketones is 1. The number of hydrogen-bond donors (Lipinski definition) is 0. The van der Waals surface area contributed by atoms with E-state index in [4.69, 9.17) is 23.2 Å². The van der Waals surface area contributed by atoms with Crippen molar-refractivity contribution in [2.24, 2.45) is 0 Å². The van der Waals surface area contributed by atoms with Crippen molar-refractivity contribution < 1.29 is 4.79 Å². The molecule has 0 aliphatic rings. The Morgan fingerprint density at radius 3 is 2.28 bits per heavy atom. The Bertz CT molecular complexity index is 579. The average Bonchev–Trinajstić information content (AvgIpc) is 2.34. The van der Waals surface area contributed by atoms with E-state index in [1.165, 1.54) is 6.92 Å². The van der Waals surface area contributed by atoms with Crippen LogP contribution < -0.4 is 0 Å². The molecule has 0 fully saturated rings. The lowest BCUT2D eigenvalue weighted by molar-refractivity contribution is 0.101. The predicted octanol–water partition coefficient (Wildman–Crippen LogP) is 5.35. The zero-order chi connectivity index (χ0) is 13.1. The van der Waals surface area contributed by atoms with Crippen molar-refractivity contribution in [2.45, 2.75) is 16.7 Å². The summed E-state index contributed by atoms with van der Waals surface area (Å²) in [6, 6.07) is 12.9. The molecule has 0 aliphatic carbocycles. The number of benzene rings is 2. The van der Waals surface area contributed by atoms with E-state index in [-0.39, 0.29) is 5.78 Å². The van der Waals surface area contributed by atoms with Crippen LogP contribution in [0.3, 0.4) is 0 Å². The highest BCUT2D eigenvalue weighted by Crippen LogP contribution is 2.34. The first-order valence-corrected chi connectivity index (χ1v) is 6.87. The van der Waals surface area contributed by atoms with Gasteiger partial charge in [0.25, 0.3) is 0 Å². The van der Waals surface area contributed by atoms with Crippen LogP contribution in [-0.2, 0) is 0 Å². The molecule has 0 saturated carbocycles. The van der Waals surface area contributed by atoms with Crippen LogP contribution in [0.15, 0.2) is 52.3 Å². The molecule has 1 nitrogen and oxygen atoms in total. The molecule has 92 valence electrons. The molecule has 0 atom stereocenters. The van der Waals surface area contributed by atoms with Crippen molar-refractivity contribution in [3.05, 3.63) is 58.1 Å². The molecular formula is C14H10Cl2OS. The van der Waals surface area contributed by atoms with E-state index in [0.717, 1.165) is 9.79 Å². The van der Waals surface area contributed by atoms with Gasteiger partial charge < -0.3 is 0 Å². The van der Waals surface area contributed by atoms with Gasteiger partial charge in [-0.15, -0.1) is 0 Å². The molecule has 18 heavy (non-hydrogen) atoms. The first-order valence-electron chi connectivity index (χ1n) is 5.30. The molecule has 2 rings (SSSR count). The fraction of sp³-hybridized carbons (Fsp3) is 0.0714. The van der Waals surface area contributed by atoms with Crippen LogP contribution in [0, 0.1) is 0 Å². The molecule has 0 heterocycles. The zero-order valence-electron chi connectivity index (χ0n) is 9.61. The molecule has 0 aromatic heterocycles. The Labute approximate surface area is 120 Å². The van der Waals surface area contributed by atoms with Gasteiger partial charge in [-0.2, -0.15) is 0 Å². The lowest BCUT2D eigenvalue weighted by Crippen LogP contribution is -1.91. The van der Waals surface area contributed by atoms with E-state index in [1.54, 1.807) is 23.9 Å². The molecule has 0 amide bonds. The second kappa shape index (κ2) is 5.79. The van der Waals surface area contributed by atoms with Gasteiger partial charge in [0.15, 0.2) is 5.78 Å². The summed E-state index contributed by atoms with van der Waals surface area (Å²) in [6.45, 7) is 1.53. The van der Waals surface area contributed by atoms with Gasteiger partial charge in [-0.25, -0.2) is 0 Å². The van der Waals surface area contributed by atoms with Crippen molar-refractivity contribution in [3.63, 3.8) is 0 Å². The normalized spacial score (nSPS) is 10.4. The topological polar surface area (TPSA) is 17.1 Å². The van der Waals surface area contributed by atoms with Crippen molar-refractivity contribution in [3.8, 4) is 0 Å². The number of carbonyl (C=O) groups excluding carboxylic acids is 1. The van der Waals surface area contributed by atoms with E-state index in [1.807, 2.05) is 30.3 Å². The van der Waals surface area contributed by atoms with Gasteiger partial charge in [-0.3, -0.25) is 4.79 Å². The molecule has 0 bridgehead atoms. The predicted molar refractivity (Wildman–Crippen MR) is 77.0 cm³/mol. The molecule has 4 heteroatoms. The van der Waals surface area contributed by atoms with Crippen LogP contribution >= 0.6 is 35.0 Å². The molecule has 2 aromatic carbocycles. The molecular weight excluding hydrogens is 287 g/mol. The standard InChI is InChI=1S/C14H10Cl2OS/c1-9(17)10-2-7-14(13(16)8-10)18-12-5-3-11(15)4-6-12/h2-8H,1H3. The van der Waals surface area contributed by atoms with Gasteiger partial charge >= 0.3 is 0 Å². The Hall–Kier alpha value is -0.960. The van der Waals surface area contributed by atoms with Crippen molar-refractivity contribution in [1.82, 2.24) is 0 Å². The zero-order valence-corrected chi connectivity index (χ0v) is 11.9. The SMILES string of the molecule is CC(=O)c1ccc(Sc2ccc(Cl)cc2)c(Cl)c1. The third kappa shape index (κ3) is 3.29. The van der Waals surface area contributed by atoms with E-state index in [2.05, 4.69) is 0 Å². The van der Waals surface area contributed by atoms with Crippen LogP contribution in [0.2, 0.25) is 10.0 Å². The minimum Gasteiger partial charge on any atom is -0.295 e. The lowest BCUT2D eigenvalue weighted by Gasteiger charge is -2.05. The first-order chi connectivity index (χ1) is 8.56. The largest absolute Gasteiger partial charge is 0.295 e.